The fraction of sp³-hybridized carbons (Fsp3) is 0.200. The molecule has 15 heavy (non-hydrogen) atoms. The number of hydrogen-bond acceptors (Lipinski definition) is 3. The maximum absolute atomic E-state index is 9.48. The zero-order valence-corrected chi connectivity index (χ0v) is 10.2. The number of aromatic hydroxyl groups is 1. The van der Waals surface area contributed by atoms with Crippen LogP contribution in [0.4, 0.5) is 5.69 Å². The van der Waals surface area contributed by atoms with Gasteiger partial charge < -0.3 is 10.1 Å². The Balaban J connectivity index is 0.00000112. The Hall–Kier alpha value is -1.36. The third kappa shape index (κ3) is 1.74. The topological polar surface area (TPSA) is 72.2 Å². The Morgan fingerprint density at radius 2 is 2.00 bits per heavy atom. The van der Waals surface area contributed by atoms with Crippen LogP contribution in [0.5, 0.6) is 5.88 Å². The molecule has 0 saturated heterocycles. The van der Waals surface area contributed by atoms with E-state index in [9.17, 15) is 5.11 Å². The van der Waals surface area contributed by atoms with Crippen LogP contribution in [0.15, 0.2) is 17.2 Å². The van der Waals surface area contributed by atoms with E-state index in [2.05, 4.69) is 10.1 Å². The van der Waals surface area contributed by atoms with Crippen LogP contribution in [-0.2, 0) is 0 Å². The van der Waals surface area contributed by atoms with Crippen LogP contribution < -0.4 is 0 Å². The number of H-pyrrole nitrogens is 1. The Labute approximate surface area is 97.6 Å². The summed E-state index contributed by atoms with van der Waals surface area (Å²) in [6.07, 6.45) is 0. The zero-order chi connectivity index (χ0) is 10.3. The first-order chi connectivity index (χ1) is 6.63. The number of fused-ring (bicyclic) bond motifs is 1. The van der Waals surface area contributed by atoms with Gasteiger partial charge in [-0.2, -0.15) is 5.11 Å². The van der Waals surface area contributed by atoms with Gasteiger partial charge in [-0.3, -0.25) is 0 Å². The zero-order valence-electron chi connectivity index (χ0n) is 8.46. The number of aryl methyl sites for hydroxylation is 2. The van der Waals surface area contributed by atoms with Crippen molar-refractivity contribution in [2.75, 3.05) is 0 Å². The van der Waals surface area contributed by atoms with E-state index in [1.807, 2.05) is 26.0 Å². The highest BCUT2D eigenvalue weighted by molar-refractivity contribution is 8.93. The second kappa shape index (κ2) is 4.02. The lowest BCUT2D eigenvalue weighted by Crippen LogP contribution is -1.78. The van der Waals surface area contributed by atoms with Gasteiger partial charge in [-0.1, -0.05) is 11.6 Å². The molecule has 0 spiro atoms. The van der Waals surface area contributed by atoms with Gasteiger partial charge in [-0.25, -0.2) is 5.53 Å². The predicted octanol–water partition coefficient (Wildman–Crippen LogP) is 3.73. The van der Waals surface area contributed by atoms with Gasteiger partial charge >= 0.3 is 0 Å². The third-order valence-corrected chi connectivity index (χ3v) is 2.31. The van der Waals surface area contributed by atoms with E-state index in [0.717, 1.165) is 22.0 Å². The predicted molar refractivity (Wildman–Crippen MR) is 64.6 cm³/mol. The highest BCUT2D eigenvalue weighted by atomic mass is 79.9. The van der Waals surface area contributed by atoms with Crippen LogP contribution in [0.25, 0.3) is 10.9 Å². The van der Waals surface area contributed by atoms with Crippen LogP contribution in [0.2, 0.25) is 0 Å². The lowest BCUT2D eigenvalue weighted by atomic mass is 10.1. The van der Waals surface area contributed by atoms with Crippen molar-refractivity contribution in [3.8, 4) is 5.88 Å². The van der Waals surface area contributed by atoms with Gasteiger partial charge in [0.25, 0.3) is 0 Å². The second-order valence-electron chi connectivity index (χ2n) is 3.44. The van der Waals surface area contributed by atoms with Crippen molar-refractivity contribution < 1.29 is 5.11 Å². The molecule has 0 bridgehead atoms. The molecule has 3 N–H and O–H groups in total. The van der Waals surface area contributed by atoms with Crippen molar-refractivity contribution in [1.82, 2.24) is 4.98 Å². The smallest absolute Gasteiger partial charge is 0.218 e. The molecule has 2 aromatic rings. The van der Waals surface area contributed by atoms with E-state index >= 15 is 0 Å². The van der Waals surface area contributed by atoms with Crippen LogP contribution in [0, 0.1) is 19.4 Å². The Morgan fingerprint density at radius 1 is 1.33 bits per heavy atom. The summed E-state index contributed by atoms with van der Waals surface area (Å²) >= 11 is 0. The van der Waals surface area contributed by atoms with Crippen molar-refractivity contribution in [3.05, 3.63) is 23.3 Å². The van der Waals surface area contributed by atoms with E-state index in [1.54, 1.807) is 0 Å². The summed E-state index contributed by atoms with van der Waals surface area (Å²) < 4.78 is 0. The number of aromatic nitrogens is 1. The van der Waals surface area contributed by atoms with Crippen LogP contribution in [0.3, 0.4) is 0 Å². The second-order valence-corrected chi connectivity index (χ2v) is 3.44. The molecule has 1 aromatic heterocycles. The molecule has 1 heterocycles. The summed E-state index contributed by atoms with van der Waals surface area (Å²) in [5.41, 5.74) is 10.3. The first-order valence-corrected chi connectivity index (χ1v) is 4.33. The van der Waals surface area contributed by atoms with E-state index in [0.29, 0.717) is 5.69 Å². The van der Waals surface area contributed by atoms with Crippen molar-refractivity contribution in [1.29, 1.82) is 5.53 Å². The minimum absolute atomic E-state index is 0. The maximum Gasteiger partial charge on any atom is 0.218 e. The first kappa shape index (κ1) is 11.7. The van der Waals surface area contributed by atoms with E-state index in [-0.39, 0.29) is 22.9 Å². The van der Waals surface area contributed by atoms with Crippen molar-refractivity contribution in [2.24, 2.45) is 5.11 Å². The number of halogens is 1. The van der Waals surface area contributed by atoms with E-state index < -0.39 is 0 Å². The summed E-state index contributed by atoms with van der Waals surface area (Å²) in [6, 6.07) is 3.93. The van der Waals surface area contributed by atoms with E-state index in [1.165, 1.54) is 0 Å². The Morgan fingerprint density at radius 3 is 2.60 bits per heavy atom. The maximum atomic E-state index is 9.48. The van der Waals surface area contributed by atoms with Gasteiger partial charge in [-0.05, 0) is 25.5 Å². The molecular formula is C10H12BrN3O. The monoisotopic (exact) mass is 269 g/mol. The molecule has 0 atom stereocenters. The number of aromatic amines is 1. The highest BCUT2D eigenvalue weighted by Crippen LogP contribution is 2.36. The number of rotatable bonds is 1. The molecule has 0 aliphatic carbocycles. The van der Waals surface area contributed by atoms with Gasteiger partial charge in [0.1, 0.15) is 0 Å². The molecule has 0 unspecified atom stereocenters. The van der Waals surface area contributed by atoms with Gasteiger partial charge in [0.15, 0.2) is 5.69 Å². The minimum Gasteiger partial charge on any atom is -0.493 e. The molecule has 2 rings (SSSR count). The SMILES string of the molecule is Br.Cc1cc(C)c2[nH]c(O)c(N=N)c2c1. The third-order valence-electron chi connectivity index (χ3n) is 2.31. The summed E-state index contributed by atoms with van der Waals surface area (Å²) in [6.45, 7) is 3.93. The fourth-order valence-electron chi connectivity index (χ4n) is 1.74. The number of hydrogen-bond donors (Lipinski definition) is 3. The van der Waals surface area contributed by atoms with Gasteiger partial charge in [0, 0.05) is 5.39 Å². The molecule has 80 valence electrons. The summed E-state index contributed by atoms with van der Waals surface area (Å²) in [5, 5.41) is 13.6. The summed E-state index contributed by atoms with van der Waals surface area (Å²) in [4.78, 5) is 2.82. The van der Waals surface area contributed by atoms with Crippen LogP contribution in [-0.4, -0.2) is 10.1 Å². The van der Waals surface area contributed by atoms with Crippen LogP contribution in [0.1, 0.15) is 11.1 Å². The largest absolute Gasteiger partial charge is 0.493 e. The summed E-state index contributed by atoms with van der Waals surface area (Å²) in [7, 11) is 0. The molecule has 1 aromatic carbocycles. The lowest BCUT2D eigenvalue weighted by molar-refractivity contribution is 0.459. The minimum atomic E-state index is -0.0382. The molecule has 0 aliphatic rings. The number of benzene rings is 1. The molecule has 4 nitrogen and oxygen atoms in total. The molecule has 0 amide bonds. The molecule has 0 radical (unpaired) electrons. The summed E-state index contributed by atoms with van der Waals surface area (Å²) in [5.74, 6) is -0.0382. The average molecular weight is 270 g/mol. The normalized spacial score (nSPS) is 10.0. The van der Waals surface area contributed by atoms with Gasteiger partial charge in [-0.15, -0.1) is 17.0 Å². The molecule has 0 aliphatic heterocycles. The molecule has 5 heteroatoms. The van der Waals surface area contributed by atoms with Crippen molar-refractivity contribution >= 4 is 33.6 Å². The van der Waals surface area contributed by atoms with Gasteiger partial charge in [0.2, 0.25) is 5.88 Å². The number of nitrogens with zero attached hydrogens (tertiary/aromatic N) is 1. The quantitative estimate of drug-likeness (QED) is 0.679. The standard InChI is InChI=1S/C10H11N3O.BrH/c1-5-3-6(2)8-7(4-5)9(13-11)10(14)12-8;/h3-4,11-12,14H,1-2H3;1H. The Kier molecular flexibility index (Phi) is 3.14. The van der Waals surface area contributed by atoms with Gasteiger partial charge in [0.05, 0.1) is 5.52 Å². The molecule has 0 saturated carbocycles. The molecular weight excluding hydrogens is 258 g/mol. The fourth-order valence-corrected chi connectivity index (χ4v) is 1.74. The number of nitrogens with one attached hydrogen (secondary N) is 2. The van der Waals surface area contributed by atoms with Crippen molar-refractivity contribution in [3.63, 3.8) is 0 Å². The van der Waals surface area contributed by atoms with Crippen LogP contribution >= 0.6 is 17.0 Å². The molecule has 0 fully saturated rings. The lowest BCUT2D eigenvalue weighted by Gasteiger charge is -1.98. The first-order valence-electron chi connectivity index (χ1n) is 4.33. The average Bonchev–Trinajstić information content (AvgIpc) is 2.41. The Bertz CT molecular complexity index is 519. The van der Waals surface area contributed by atoms with Crippen molar-refractivity contribution in [2.45, 2.75) is 13.8 Å². The van der Waals surface area contributed by atoms with E-state index in [4.69, 9.17) is 5.53 Å². The highest BCUT2D eigenvalue weighted by Gasteiger charge is 2.11.